The Morgan fingerprint density at radius 2 is 1.80 bits per heavy atom. The van der Waals surface area contributed by atoms with Gasteiger partial charge in [0.2, 0.25) is 0 Å². The average Bonchev–Trinajstić information content (AvgIpc) is 2.79. The second-order valence-corrected chi connectivity index (χ2v) is 10.5. The molecule has 3 atom stereocenters. The number of alkyl carbamates (subject to hydrolysis) is 1. The van der Waals surface area contributed by atoms with Crippen molar-refractivity contribution in [1.82, 2.24) is 10.2 Å². The first kappa shape index (κ1) is 26.5. The second-order valence-electron chi connectivity index (χ2n) is 10.5. The topological polar surface area (TPSA) is 77.1 Å². The standard InChI is InChI=1S/C28H38N2O5/c1-27(2,3)35-26(32)29-23-15-16-28(22(17-23)19-30(4)5,21-13-10-14-24(18-21)33-6)34-25(31)20-11-8-7-9-12-20/h7-14,18,22-23H,15-17,19H2,1-6H3,(H,29,32). The third-order valence-electron chi connectivity index (χ3n) is 6.24. The summed E-state index contributed by atoms with van der Waals surface area (Å²) in [4.78, 5) is 27.9. The first-order chi connectivity index (χ1) is 16.5. The summed E-state index contributed by atoms with van der Waals surface area (Å²) in [6.07, 6.45) is 1.40. The fourth-order valence-electron chi connectivity index (χ4n) is 4.77. The van der Waals surface area contributed by atoms with E-state index in [4.69, 9.17) is 14.2 Å². The van der Waals surface area contributed by atoms with Gasteiger partial charge < -0.3 is 24.4 Å². The molecule has 0 saturated heterocycles. The van der Waals surface area contributed by atoms with Crippen LogP contribution in [0.5, 0.6) is 5.75 Å². The number of methoxy groups -OCH3 is 1. The molecule has 0 spiro atoms. The Balaban J connectivity index is 1.96. The summed E-state index contributed by atoms with van der Waals surface area (Å²) >= 11 is 0. The van der Waals surface area contributed by atoms with Gasteiger partial charge in [-0.15, -0.1) is 0 Å². The maximum Gasteiger partial charge on any atom is 0.407 e. The van der Waals surface area contributed by atoms with Crippen LogP contribution in [0.1, 0.15) is 56.0 Å². The molecule has 0 bridgehead atoms. The van der Waals surface area contributed by atoms with Crippen LogP contribution in [0, 0.1) is 5.92 Å². The lowest BCUT2D eigenvalue weighted by molar-refractivity contribution is -0.0880. The molecule has 1 saturated carbocycles. The molecular formula is C28H38N2O5. The van der Waals surface area contributed by atoms with Crippen molar-refractivity contribution in [2.75, 3.05) is 27.7 Å². The Morgan fingerprint density at radius 1 is 1.09 bits per heavy atom. The predicted molar refractivity (Wildman–Crippen MR) is 136 cm³/mol. The summed E-state index contributed by atoms with van der Waals surface area (Å²) in [6, 6.07) is 16.7. The van der Waals surface area contributed by atoms with Crippen LogP contribution >= 0.6 is 0 Å². The molecule has 2 aromatic rings. The minimum Gasteiger partial charge on any atom is -0.497 e. The molecule has 1 fully saturated rings. The highest BCUT2D eigenvalue weighted by atomic mass is 16.6. The zero-order valence-corrected chi connectivity index (χ0v) is 21.7. The fraction of sp³-hybridized carbons (Fsp3) is 0.500. The average molecular weight is 483 g/mol. The fourth-order valence-corrected chi connectivity index (χ4v) is 4.77. The number of rotatable bonds is 7. The maximum atomic E-state index is 13.3. The number of amides is 1. The van der Waals surface area contributed by atoms with Crippen molar-refractivity contribution < 1.29 is 23.8 Å². The largest absolute Gasteiger partial charge is 0.497 e. The van der Waals surface area contributed by atoms with Gasteiger partial charge in [0.15, 0.2) is 0 Å². The van der Waals surface area contributed by atoms with Crippen LogP contribution in [-0.2, 0) is 15.1 Å². The van der Waals surface area contributed by atoms with E-state index in [0.29, 0.717) is 37.1 Å². The Kier molecular flexibility index (Phi) is 8.43. The minimum absolute atomic E-state index is 0.0778. The van der Waals surface area contributed by atoms with E-state index in [9.17, 15) is 9.59 Å². The zero-order valence-electron chi connectivity index (χ0n) is 21.7. The van der Waals surface area contributed by atoms with E-state index in [-0.39, 0.29) is 17.9 Å². The lowest BCUT2D eigenvalue weighted by Crippen LogP contribution is -2.52. The van der Waals surface area contributed by atoms with Crippen LogP contribution in [0.4, 0.5) is 4.79 Å². The van der Waals surface area contributed by atoms with E-state index in [1.807, 2.05) is 77.3 Å². The summed E-state index contributed by atoms with van der Waals surface area (Å²) in [5.41, 5.74) is -0.0501. The molecule has 1 aliphatic rings. The van der Waals surface area contributed by atoms with Crippen LogP contribution in [-0.4, -0.2) is 56.4 Å². The van der Waals surface area contributed by atoms with Gasteiger partial charge in [0.05, 0.1) is 12.7 Å². The van der Waals surface area contributed by atoms with Crippen LogP contribution in [0.2, 0.25) is 0 Å². The summed E-state index contributed by atoms with van der Waals surface area (Å²) in [6.45, 7) is 6.21. The number of carbonyl (C=O) groups excluding carboxylic acids is 2. The third-order valence-corrected chi connectivity index (χ3v) is 6.24. The molecule has 0 aliphatic heterocycles. The van der Waals surface area contributed by atoms with Gasteiger partial charge in [-0.25, -0.2) is 9.59 Å². The van der Waals surface area contributed by atoms with Gasteiger partial charge in [0.25, 0.3) is 0 Å². The van der Waals surface area contributed by atoms with Crippen molar-refractivity contribution in [3.05, 3.63) is 65.7 Å². The Bertz CT molecular complexity index is 1000. The van der Waals surface area contributed by atoms with Gasteiger partial charge in [0.1, 0.15) is 17.0 Å². The lowest BCUT2D eigenvalue weighted by Gasteiger charge is -2.47. The number of ether oxygens (including phenoxy) is 3. The number of nitrogens with zero attached hydrogens (tertiary/aromatic N) is 1. The van der Waals surface area contributed by atoms with Crippen molar-refractivity contribution in [1.29, 1.82) is 0 Å². The molecule has 1 N–H and O–H groups in total. The first-order valence-corrected chi connectivity index (χ1v) is 12.1. The van der Waals surface area contributed by atoms with E-state index in [0.717, 1.165) is 5.56 Å². The summed E-state index contributed by atoms with van der Waals surface area (Å²) < 4.78 is 17.4. The minimum atomic E-state index is -0.877. The number of carbonyl (C=O) groups is 2. The lowest BCUT2D eigenvalue weighted by atomic mass is 9.69. The van der Waals surface area contributed by atoms with Crippen LogP contribution in [0.15, 0.2) is 54.6 Å². The van der Waals surface area contributed by atoms with Crippen LogP contribution in [0.25, 0.3) is 0 Å². The maximum absolute atomic E-state index is 13.3. The molecule has 3 unspecified atom stereocenters. The highest BCUT2D eigenvalue weighted by Crippen LogP contribution is 2.46. The first-order valence-electron chi connectivity index (χ1n) is 12.1. The van der Waals surface area contributed by atoms with Gasteiger partial charge in [-0.05, 0) is 84.0 Å². The summed E-state index contributed by atoms with van der Waals surface area (Å²) in [5.74, 6) is 0.261. The quantitative estimate of drug-likeness (QED) is 0.560. The number of hydrogen-bond acceptors (Lipinski definition) is 6. The second kappa shape index (κ2) is 11.1. The normalized spacial score (nSPS) is 22.4. The predicted octanol–water partition coefficient (Wildman–Crippen LogP) is 5.00. The van der Waals surface area contributed by atoms with E-state index in [2.05, 4.69) is 10.2 Å². The van der Waals surface area contributed by atoms with Crippen LogP contribution in [0.3, 0.4) is 0 Å². The highest BCUT2D eigenvalue weighted by Gasteiger charge is 2.49. The summed E-state index contributed by atoms with van der Waals surface area (Å²) in [5, 5.41) is 3.03. The number of nitrogens with one attached hydrogen (secondary N) is 1. The Morgan fingerprint density at radius 3 is 2.43 bits per heavy atom. The Labute approximate surface area is 208 Å². The van der Waals surface area contributed by atoms with Gasteiger partial charge >= 0.3 is 12.1 Å². The molecule has 0 radical (unpaired) electrons. The third kappa shape index (κ3) is 6.98. The van der Waals surface area contributed by atoms with Crippen molar-refractivity contribution in [2.45, 2.75) is 57.3 Å². The highest BCUT2D eigenvalue weighted by molar-refractivity contribution is 5.89. The molecule has 1 amide bonds. The van der Waals surface area contributed by atoms with E-state index in [1.165, 1.54) is 0 Å². The molecule has 0 heterocycles. The van der Waals surface area contributed by atoms with Crippen molar-refractivity contribution in [3.63, 3.8) is 0 Å². The van der Waals surface area contributed by atoms with Crippen LogP contribution < -0.4 is 10.1 Å². The van der Waals surface area contributed by atoms with Crippen molar-refractivity contribution in [2.24, 2.45) is 5.92 Å². The van der Waals surface area contributed by atoms with Gasteiger partial charge in [-0.2, -0.15) is 0 Å². The monoisotopic (exact) mass is 482 g/mol. The molecule has 0 aromatic heterocycles. The van der Waals surface area contributed by atoms with Crippen molar-refractivity contribution in [3.8, 4) is 5.75 Å². The molecule has 1 aliphatic carbocycles. The van der Waals surface area contributed by atoms with E-state index < -0.39 is 17.3 Å². The molecule has 35 heavy (non-hydrogen) atoms. The zero-order chi connectivity index (χ0) is 25.6. The van der Waals surface area contributed by atoms with Gasteiger partial charge in [-0.3, -0.25) is 0 Å². The molecule has 7 heteroatoms. The molecular weight excluding hydrogens is 444 g/mol. The summed E-state index contributed by atoms with van der Waals surface area (Å²) in [7, 11) is 5.63. The molecule has 7 nitrogen and oxygen atoms in total. The van der Waals surface area contributed by atoms with Crippen molar-refractivity contribution >= 4 is 12.1 Å². The van der Waals surface area contributed by atoms with Gasteiger partial charge in [0, 0.05) is 18.5 Å². The Hall–Kier alpha value is -3.06. The number of benzene rings is 2. The smallest absolute Gasteiger partial charge is 0.407 e. The molecule has 190 valence electrons. The van der Waals surface area contributed by atoms with E-state index in [1.54, 1.807) is 19.2 Å². The SMILES string of the molecule is COc1cccc(C2(OC(=O)c3ccccc3)CCC(NC(=O)OC(C)(C)C)CC2CN(C)C)c1. The van der Waals surface area contributed by atoms with Gasteiger partial charge in [-0.1, -0.05) is 30.3 Å². The molecule has 3 rings (SSSR count). The van der Waals surface area contributed by atoms with E-state index >= 15 is 0 Å². The number of hydrogen-bond donors (Lipinski definition) is 1. The molecule has 2 aromatic carbocycles. The number of esters is 1.